The van der Waals surface area contributed by atoms with Crippen molar-refractivity contribution in [3.8, 4) is 5.75 Å². The topological polar surface area (TPSA) is 47.6 Å². The Morgan fingerprint density at radius 1 is 1.38 bits per heavy atom. The molecule has 4 heteroatoms. The van der Waals surface area contributed by atoms with Crippen LogP contribution in [0.1, 0.15) is 17.3 Å². The van der Waals surface area contributed by atoms with Crippen LogP contribution in [-0.4, -0.2) is 32.8 Å². The van der Waals surface area contributed by atoms with Gasteiger partial charge in [0.15, 0.2) is 0 Å². The summed E-state index contributed by atoms with van der Waals surface area (Å²) < 4.78 is 10.3. The fraction of sp³-hybridized carbons (Fsp3) is 0.417. The number of carbonyl (C=O) groups is 1. The van der Waals surface area contributed by atoms with Gasteiger partial charge in [-0.2, -0.15) is 0 Å². The molecule has 0 saturated heterocycles. The fourth-order valence-electron chi connectivity index (χ4n) is 1.23. The van der Waals surface area contributed by atoms with Gasteiger partial charge in [-0.25, -0.2) is 0 Å². The van der Waals surface area contributed by atoms with Crippen molar-refractivity contribution in [3.63, 3.8) is 0 Å². The smallest absolute Gasteiger partial charge is 0.251 e. The Hall–Kier alpha value is -1.55. The molecule has 0 spiro atoms. The van der Waals surface area contributed by atoms with E-state index in [9.17, 15) is 4.79 Å². The molecule has 0 aliphatic rings. The van der Waals surface area contributed by atoms with Gasteiger partial charge in [0.2, 0.25) is 0 Å². The molecule has 1 aromatic carbocycles. The molecule has 0 unspecified atom stereocenters. The molecule has 0 aromatic heterocycles. The van der Waals surface area contributed by atoms with Crippen molar-refractivity contribution < 1.29 is 14.3 Å². The highest BCUT2D eigenvalue weighted by molar-refractivity contribution is 5.94. The minimum Gasteiger partial charge on any atom is -0.491 e. The van der Waals surface area contributed by atoms with E-state index in [2.05, 4.69) is 5.32 Å². The van der Waals surface area contributed by atoms with Crippen LogP contribution in [0.25, 0.3) is 0 Å². The van der Waals surface area contributed by atoms with Crippen molar-refractivity contribution in [1.29, 1.82) is 0 Å². The van der Waals surface area contributed by atoms with E-state index < -0.39 is 0 Å². The number of methoxy groups -OCH3 is 1. The SMILES string of the molecule is CCNC(=O)c1cccc(OCCOC)c1. The summed E-state index contributed by atoms with van der Waals surface area (Å²) in [6.07, 6.45) is 0. The quantitative estimate of drug-likeness (QED) is 0.743. The Kier molecular flexibility index (Phi) is 5.36. The van der Waals surface area contributed by atoms with Crippen LogP contribution >= 0.6 is 0 Å². The van der Waals surface area contributed by atoms with E-state index in [0.29, 0.717) is 31.1 Å². The van der Waals surface area contributed by atoms with Gasteiger partial charge in [-0.15, -0.1) is 0 Å². The molecule has 0 saturated carbocycles. The molecule has 16 heavy (non-hydrogen) atoms. The average molecular weight is 223 g/mol. The first-order valence-corrected chi connectivity index (χ1v) is 5.28. The van der Waals surface area contributed by atoms with Crippen molar-refractivity contribution in [1.82, 2.24) is 5.32 Å². The van der Waals surface area contributed by atoms with Gasteiger partial charge in [0.25, 0.3) is 5.91 Å². The third-order valence-electron chi connectivity index (χ3n) is 1.99. The molecular formula is C12H17NO3. The maximum atomic E-state index is 11.5. The molecule has 0 fully saturated rings. The molecule has 1 amide bonds. The minimum atomic E-state index is -0.0836. The summed E-state index contributed by atoms with van der Waals surface area (Å²) in [4.78, 5) is 11.5. The number of rotatable bonds is 6. The van der Waals surface area contributed by atoms with Crippen LogP contribution in [0.5, 0.6) is 5.75 Å². The Labute approximate surface area is 95.6 Å². The summed E-state index contributed by atoms with van der Waals surface area (Å²) in [5, 5.41) is 2.74. The summed E-state index contributed by atoms with van der Waals surface area (Å²) in [6.45, 7) is 3.52. The molecule has 1 N–H and O–H groups in total. The van der Waals surface area contributed by atoms with Gasteiger partial charge in [0.1, 0.15) is 12.4 Å². The van der Waals surface area contributed by atoms with Crippen molar-refractivity contribution in [2.75, 3.05) is 26.9 Å². The predicted molar refractivity (Wildman–Crippen MR) is 61.8 cm³/mol. The standard InChI is InChI=1S/C12H17NO3/c1-3-13-12(14)10-5-4-6-11(9-10)16-8-7-15-2/h4-6,9H,3,7-8H2,1-2H3,(H,13,14). The van der Waals surface area contributed by atoms with Gasteiger partial charge in [0, 0.05) is 19.2 Å². The maximum Gasteiger partial charge on any atom is 0.251 e. The van der Waals surface area contributed by atoms with Crippen molar-refractivity contribution >= 4 is 5.91 Å². The van der Waals surface area contributed by atoms with Crippen LogP contribution in [0, 0.1) is 0 Å². The predicted octanol–water partition coefficient (Wildman–Crippen LogP) is 1.46. The summed E-state index contributed by atoms with van der Waals surface area (Å²) >= 11 is 0. The van der Waals surface area contributed by atoms with Crippen LogP contribution in [0.2, 0.25) is 0 Å². The first kappa shape index (κ1) is 12.5. The number of carbonyl (C=O) groups excluding carboxylic acids is 1. The first-order chi connectivity index (χ1) is 7.77. The molecule has 1 aromatic rings. The minimum absolute atomic E-state index is 0.0836. The van der Waals surface area contributed by atoms with Crippen LogP contribution in [0.15, 0.2) is 24.3 Å². The van der Waals surface area contributed by atoms with Gasteiger partial charge in [0.05, 0.1) is 6.61 Å². The van der Waals surface area contributed by atoms with Gasteiger partial charge in [-0.05, 0) is 25.1 Å². The molecule has 0 bridgehead atoms. The molecule has 1 rings (SSSR count). The monoisotopic (exact) mass is 223 g/mol. The molecule has 0 heterocycles. The lowest BCUT2D eigenvalue weighted by Crippen LogP contribution is -2.22. The number of hydrogen-bond donors (Lipinski definition) is 1. The van der Waals surface area contributed by atoms with Crippen LogP contribution in [-0.2, 0) is 4.74 Å². The molecule has 0 atom stereocenters. The average Bonchev–Trinajstić information content (AvgIpc) is 2.30. The van der Waals surface area contributed by atoms with Gasteiger partial charge in [-0.1, -0.05) is 6.07 Å². The highest BCUT2D eigenvalue weighted by Crippen LogP contribution is 2.13. The Morgan fingerprint density at radius 2 is 2.19 bits per heavy atom. The Balaban J connectivity index is 2.60. The van der Waals surface area contributed by atoms with E-state index in [0.717, 1.165) is 0 Å². The number of ether oxygens (including phenoxy) is 2. The molecule has 0 radical (unpaired) electrons. The van der Waals surface area contributed by atoms with Crippen molar-refractivity contribution in [2.45, 2.75) is 6.92 Å². The third-order valence-corrected chi connectivity index (χ3v) is 1.99. The van der Waals surface area contributed by atoms with Crippen LogP contribution in [0.3, 0.4) is 0 Å². The third kappa shape index (κ3) is 3.90. The van der Waals surface area contributed by atoms with E-state index in [1.54, 1.807) is 25.3 Å². The number of hydrogen-bond acceptors (Lipinski definition) is 3. The molecule has 0 aliphatic heterocycles. The normalized spacial score (nSPS) is 9.88. The molecule has 88 valence electrons. The second-order valence-electron chi connectivity index (χ2n) is 3.23. The number of nitrogens with one attached hydrogen (secondary N) is 1. The lowest BCUT2D eigenvalue weighted by molar-refractivity contribution is 0.0955. The fourth-order valence-corrected chi connectivity index (χ4v) is 1.23. The zero-order valence-electron chi connectivity index (χ0n) is 9.66. The lowest BCUT2D eigenvalue weighted by Gasteiger charge is -2.07. The van der Waals surface area contributed by atoms with Gasteiger partial charge >= 0.3 is 0 Å². The highest BCUT2D eigenvalue weighted by atomic mass is 16.5. The van der Waals surface area contributed by atoms with E-state index in [-0.39, 0.29) is 5.91 Å². The summed E-state index contributed by atoms with van der Waals surface area (Å²) in [7, 11) is 1.62. The highest BCUT2D eigenvalue weighted by Gasteiger charge is 2.04. The van der Waals surface area contributed by atoms with E-state index >= 15 is 0 Å². The number of benzene rings is 1. The van der Waals surface area contributed by atoms with E-state index in [1.165, 1.54) is 0 Å². The summed E-state index contributed by atoms with van der Waals surface area (Å²) in [5.41, 5.74) is 0.608. The Bertz CT molecular complexity index is 339. The van der Waals surface area contributed by atoms with E-state index in [1.807, 2.05) is 13.0 Å². The molecule has 4 nitrogen and oxygen atoms in total. The first-order valence-electron chi connectivity index (χ1n) is 5.28. The molecular weight excluding hydrogens is 206 g/mol. The van der Waals surface area contributed by atoms with Gasteiger partial charge < -0.3 is 14.8 Å². The molecule has 0 aliphatic carbocycles. The van der Waals surface area contributed by atoms with E-state index in [4.69, 9.17) is 9.47 Å². The van der Waals surface area contributed by atoms with Gasteiger partial charge in [-0.3, -0.25) is 4.79 Å². The van der Waals surface area contributed by atoms with Crippen molar-refractivity contribution in [2.24, 2.45) is 0 Å². The second kappa shape index (κ2) is 6.85. The lowest BCUT2D eigenvalue weighted by atomic mass is 10.2. The summed E-state index contributed by atoms with van der Waals surface area (Å²) in [5.74, 6) is 0.598. The zero-order valence-corrected chi connectivity index (χ0v) is 9.66. The maximum absolute atomic E-state index is 11.5. The number of amides is 1. The van der Waals surface area contributed by atoms with Crippen LogP contribution in [0.4, 0.5) is 0 Å². The van der Waals surface area contributed by atoms with Crippen LogP contribution < -0.4 is 10.1 Å². The second-order valence-corrected chi connectivity index (χ2v) is 3.23. The Morgan fingerprint density at radius 3 is 2.88 bits per heavy atom. The largest absolute Gasteiger partial charge is 0.491 e. The zero-order chi connectivity index (χ0) is 11.8. The van der Waals surface area contributed by atoms with Crippen molar-refractivity contribution in [3.05, 3.63) is 29.8 Å². The summed E-state index contributed by atoms with van der Waals surface area (Å²) in [6, 6.07) is 7.10.